The summed E-state index contributed by atoms with van der Waals surface area (Å²) in [5.41, 5.74) is 9.15. The lowest BCUT2D eigenvalue weighted by atomic mass is 10.1. The molecule has 0 aliphatic heterocycles. The summed E-state index contributed by atoms with van der Waals surface area (Å²) in [4.78, 5) is 9.03. The minimum absolute atomic E-state index is 0.743. The Balaban J connectivity index is 2.17. The van der Waals surface area contributed by atoms with Gasteiger partial charge >= 0.3 is 0 Å². The van der Waals surface area contributed by atoms with E-state index in [9.17, 15) is 0 Å². The van der Waals surface area contributed by atoms with Crippen molar-refractivity contribution in [3.05, 3.63) is 42.4 Å². The van der Waals surface area contributed by atoms with Crippen molar-refractivity contribution < 1.29 is 0 Å². The van der Waals surface area contributed by atoms with Crippen LogP contribution in [-0.4, -0.2) is 14.5 Å². The zero-order chi connectivity index (χ0) is 14.1. The van der Waals surface area contributed by atoms with Crippen molar-refractivity contribution in [2.24, 2.45) is 0 Å². The maximum Gasteiger partial charge on any atom is 0.131 e. The van der Waals surface area contributed by atoms with Crippen LogP contribution in [0.2, 0.25) is 0 Å². The van der Waals surface area contributed by atoms with E-state index in [0.29, 0.717) is 0 Å². The lowest BCUT2D eigenvalue weighted by Gasteiger charge is -2.05. The van der Waals surface area contributed by atoms with Gasteiger partial charge in [-0.3, -0.25) is 4.98 Å². The molecule has 0 saturated carbocycles. The fraction of sp³-hybridized carbons (Fsp3) is 0.250. The lowest BCUT2D eigenvalue weighted by molar-refractivity contribution is 0.713. The van der Waals surface area contributed by atoms with Gasteiger partial charge in [0.25, 0.3) is 0 Å². The highest BCUT2D eigenvalue weighted by Gasteiger charge is 2.14. The van der Waals surface area contributed by atoms with Gasteiger partial charge in [-0.15, -0.1) is 0 Å². The minimum atomic E-state index is 0.743. The van der Waals surface area contributed by atoms with Gasteiger partial charge in [0.15, 0.2) is 0 Å². The fourth-order valence-corrected chi connectivity index (χ4v) is 2.57. The normalized spacial score (nSPS) is 11.1. The summed E-state index contributed by atoms with van der Waals surface area (Å²) in [5, 5.41) is 1.11. The molecule has 4 heteroatoms. The molecule has 2 aromatic heterocycles. The first-order chi connectivity index (χ1) is 9.74. The van der Waals surface area contributed by atoms with Crippen molar-refractivity contribution in [1.29, 1.82) is 0 Å². The predicted octanol–water partition coefficient (Wildman–Crippen LogP) is 3.26. The van der Waals surface area contributed by atoms with Gasteiger partial charge in [-0.1, -0.05) is 19.1 Å². The first kappa shape index (κ1) is 12.7. The van der Waals surface area contributed by atoms with Gasteiger partial charge in [-0.25, -0.2) is 4.98 Å². The molecule has 4 nitrogen and oxygen atoms in total. The van der Waals surface area contributed by atoms with Crippen molar-refractivity contribution in [1.82, 2.24) is 14.5 Å². The standard InChI is InChI=1S/C16H18N4/c1-3-14-19-15(16(17)20(14)4-2)12-7-8-13-11(10-12)6-5-9-18-13/h5-10H,3-4,17H2,1-2H3. The first-order valence-corrected chi connectivity index (χ1v) is 6.94. The van der Waals surface area contributed by atoms with E-state index >= 15 is 0 Å². The number of aromatic nitrogens is 3. The molecule has 0 spiro atoms. The molecule has 0 aliphatic carbocycles. The number of pyridine rings is 1. The van der Waals surface area contributed by atoms with E-state index in [1.807, 2.05) is 18.2 Å². The molecular formula is C16H18N4. The molecule has 0 fully saturated rings. The van der Waals surface area contributed by atoms with E-state index in [0.717, 1.165) is 46.8 Å². The number of nitrogens with two attached hydrogens (primary N) is 1. The third-order valence-electron chi connectivity index (χ3n) is 3.59. The third kappa shape index (κ3) is 1.93. The predicted molar refractivity (Wildman–Crippen MR) is 82.4 cm³/mol. The van der Waals surface area contributed by atoms with E-state index in [1.54, 1.807) is 6.20 Å². The topological polar surface area (TPSA) is 56.7 Å². The average molecular weight is 266 g/mol. The molecule has 0 atom stereocenters. The highest BCUT2D eigenvalue weighted by molar-refractivity contribution is 5.85. The number of nitrogen functional groups attached to an aromatic ring is 1. The van der Waals surface area contributed by atoms with Crippen LogP contribution in [0.25, 0.3) is 22.2 Å². The molecule has 102 valence electrons. The number of anilines is 1. The second kappa shape index (κ2) is 4.96. The van der Waals surface area contributed by atoms with Crippen LogP contribution in [0.4, 0.5) is 5.82 Å². The summed E-state index contributed by atoms with van der Waals surface area (Å²) < 4.78 is 2.07. The number of benzene rings is 1. The summed E-state index contributed by atoms with van der Waals surface area (Å²) in [7, 11) is 0. The number of imidazole rings is 1. The molecule has 0 unspecified atom stereocenters. The Bertz CT molecular complexity index is 758. The lowest BCUT2D eigenvalue weighted by Crippen LogP contribution is -2.04. The van der Waals surface area contributed by atoms with Crippen molar-refractivity contribution >= 4 is 16.7 Å². The van der Waals surface area contributed by atoms with E-state index < -0.39 is 0 Å². The van der Waals surface area contributed by atoms with Gasteiger partial charge in [0.2, 0.25) is 0 Å². The smallest absolute Gasteiger partial charge is 0.131 e. The van der Waals surface area contributed by atoms with Crippen LogP contribution in [0, 0.1) is 0 Å². The summed E-state index contributed by atoms with van der Waals surface area (Å²) in [6, 6.07) is 10.1. The summed E-state index contributed by atoms with van der Waals surface area (Å²) >= 11 is 0. The average Bonchev–Trinajstić information content (AvgIpc) is 2.82. The largest absolute Gasteiger partial charge is 0.383 e. The van der Waals surface area contributed by atoms with Crippen LogP contribution in [0.1, 0.15) is 19.7 Å². The van der Waals surface area contributed by atoms with Crippen LogP contribution >= 0.6 is 0 Å². The maximum absolute atomic E-state index is 6.25. The number of nitrogens with zero attached hydrogens (tertiary/aromatic N) is 3. The number of fused-ring (bicyclic) bond motifs is 1. The van der Waals surface area contributed by atoms with Gasteiger partial charge in [0.05, 0.1) is 5.52 Å². The Morgan fingerprint density at radius 3 is 2.75 bits per heavy atom. The highest BCUT2D eigenvalue weighted by Crippen LogP contribution is 2.28. The second-order valence-corrected chi connectivity index (χ2v) is 4.77. The van der Waals surface area contributed by atoms with Crippen molar-refractivity contribution in [3.63, 3.8) is 0 Å². The molecule has 1 aromatic carbocycles. The minimum Gasteiger partial charge on any atom is -0.383 e. The molecule has 20 heavy (non-hydrogen) atoms. The van der Waals surface area contributed by atoms with Gasteiger partial charge in [-0.05, 0) is 25.1 Å². The van der Waals surface area contributed by atoms with E-state index in [2.05, 4.69) is 35.5 Å². The summed E-state index contributed by atoms with van der Waals surface area (Å²) in [5.74, 6) is 1.78. The van der Waals surface area contributed by atoms with E-state index in [4.69, 9.17) is 10.7 Å². The third-order valence-corrected chi connectivity index (χ3v) is 3.59. The SMILES string of the molecule is CCc1nc(-c2ccc3ncccc3c2)c(N)n1CC. The Hall–Kier alpha value is -2.36. The molecule has 2 N–H and O–H groups in total. The molecule has 0 aliphatic rings. The van der Waals surface area contributed by atoms with Crippen LogP contribution in [-0.2, 0) is 13.0 Å². The monoisotopic (exact) mass is 266 g/mol. The van der Waals surface area contributed by atoms with Crippen LogP contribution in [0.5, 0.6) is 0 Å². The Morgan fingerprint density at radius 1 is 1.20 bits per heavy atom. The van der Waals surface area contributed by atoms with Gasteiger partial charge in [-0.2, -0.15) is 0 Å². The quantitative estimate of drug-likeness (QED) is 0.791. The molecule has 0 bridgehead atoms. The Kier molecular flexibility index (Phi) is 3.14. The molecule has 0 amide bonds. The zero-order valence-electron chi connectivity index (χ0n) is 11.8. The van der Waals surface area contributed by atoms with E-state index in [-0.39, 0.29) is 0 Å². The molecular weight excluding hydrogens is 248 g/mol. The Morgan fingerprint density at radius 2 is 2.05 bits per heavy atom. The van der Waals surface area contributed by atoms with E-state index in [1.165, 1.54) is 0 Å². The van der Waals surface area contributed by atoms with Crippen molar-refractivity contribution in [3.8, 4) is 11.3 Å². The number of hydrogen-bond donors (Lipinski definition) is 1. The maximum atomic E-state index is 6.25. The summed E-state index contributed by atoms with van der Waals surface area (Å²) in [6.45, 7) is 5.03. The number of hydrogen-bond acceptors (Lipinski definition) is 3. The van der Waals surface area contributed by atoms with Crippen molar-refractivity contribution in [2.75, 3.05) is 5.73 Å². The molecule has 0 saturated heterocycles. The second-order valence-electron chi connectivity index (χ2n) is 4.77. The number of rotatable bonds is 3. The summed E-state index contributed by atoms with van der Waals surface area (Å²) in [6.07, 6.45) is 2.69. The fourth-order valence-electron chi connectivity index (χ4n) is 2.57. The molecule has 2 heterocycles. The zero-order valence-corrected chi connectivity index (χ0v) is 11.8. The first-order valence-electron chi connectivity index (χ1n) is 6.94. The van der Waals surface area contributed by atoms with Crippen molar-refractivity contribution in [2.45, 2.75) is 26.8 Å². The number of aryl methyl sites for hydroxylation is 1. The Labute approximate surface area is 118 Å². The van der Waals surface area contributed by atoms with Crippen LogP contribution in [0.3, 0.4) is 0 Å². The van der Waals surface area contributed by atoms with Crippen LogP contribution in [0.15, 0.2) is 36.5 Å². The molecule has 3 rings (SSSR count). The van der Waals surface area contributed by atoms with Gasteiger partial charge in [0.1, 0.15) is 17.3 Å². The molecule has 3 aromatic rings. The highest BCUT2D eigenvalue weighted by atomic mass is 15.1. The van der Waals surface area contributed by atoms with Gasteiger partial charge < -0.3 is 10.3 Å². The van der Waals surface area contributed by atoms with Crippen LogP contribution < -0.4 is 5.73 Å². The van der Waals surface area contributed by atoms with Gasteiger partial charge in [0, 0.05) is 30.1 Å². The molecule has 0 radical (unpaired) electrons.